The van der Waals surface area contributed by atoms with E-state index in [1.54, 1.807) is 0 Å². The topological polar surface area (TPSA) is 38.3 Å². The van der Waals surface area contributed by atoms with Gasteiger partial charge >= 0.3 is 6.09 Å². The molecule has 0 spiro atoms. The van der Waals surface area contributed by atoms with Crippen molar-refractivity contribution < 1.29 is 9.53 Å². The van der Waals surface area contributed by atoms with Gasteiger partial charge in [-0.25, -0.2) is 4.79 Å². The molecular weight excluding hydrogens is 322 g/mol. The number of carbonyl (C=O) groups excluding carboxylic acids is 1. The normalized spacial score (nSPS) is 27.1. The molecule has 3 saturated carbocycles. The number of alkyl carbamates (subject to hydrolysis) is 1. The molecule has 2 aromatic rings. The van der Waals surface area contributed by atoms with E-state index in [1.807, 2.05) is 30.3 Å². The minimum absolute atomic E-state index is 0.0692. The lowest BCUT2D eigenvalue weighted by Crippen LogP contribution is -2.57. The summed E-state index contributed by atoms with van der Waals surface area (Å²) in [4.78, 5) is 12.3. The number of hydrogen-bond acceptors (Lipinski definition) is 2. The molecule has 3 fully saturated rings. The van der Waals surface area contributed by atoms with Crippen LogP contribution >= 0.6 is 0 Å². The Kier molecular flexibility index (Phi) is 4.47. The van der Waals surface area contributed by atoms with E-state index in [0.717, 1.165) is 44.1 Å². The standard InChI is InChI=1S/C23H27NO2/c1-18-7-9-20(10-8-18)22-11-14-23(15-12-22,16-13-22)24-21(25)26-17-19-5-3-2-4-6-19/h2-10H,11-17H2,1H3,(H,24,25). The number of hydrogen-bond donors (Lipinski definition) is 1. The van der Waals surface area contributed by atoms with Crippen LogP contribution in [0.1, 0.15) is 55.2 Å². The van der Waals surface area contributed by atoms with E-state index in [9.17, 15) is 4.79 Å². The number of ether oxygens (including phenoxy) is 1. The predicted molar refractivity (Wildman–Crippen MR) is 103 cm³/mol. The first-order chi connectivity index (χ1) is 12.6. The molecule has 26 heavy (non-hydrogen) atoms. The monoisotopic (exact) mass is 349 g/mol. The Morgan fingerprint density at radius 1 is 0.923 bits per heavy atom. The van der Waals surface area contributed by atoms with Gasteiger partial charge in [-0.1, -0.05) is 60.2 Å². The molecule has 0 saturated heterocycles. The van der Waals surface area contributed by atoms with Crippen molar-refractivity contribution in [1.82, 2.24) is 5.32 Å². The lowest BCUT2D eigenvalue weighted by atomic mass is 9.55. The van der Waals surface area contributed by atoms with Gasteiger partial charge in [0.2, 0.25) is 0 Å². The molecule has 3 heteroatoms. The molecule has 0 unspecified atom stereocenters. The first-order valence-electron chi connectivity index (χ1n) is 9.65. The number of benzene rings is 2. The highest BCUT2D eigenvalue weighted by molar-refractivity contribution is 5.68. The zero-order valence-corrected chi connectivity index (χ0v) is 15.5. The van der Waals surface area contributed by atoms with E-state index in [2.05, 4.69) is 36.5 Å². The van der Waals surface area contributed by atoms with Crippen molar-refractivity contribution in [1.29, 1.82) is 0 Å². The second-order valence-corrected chi connectivity index (χ2v) is 8.11. The maximum atomic E-state index is 12.3. The van der Waals surface area contributed by atoms with Crippen LogP contribution in [0.25, 0.3) is 0 Å². The average Bonchev–Trinajstić information content (AvgIpc) is 2.69. The number of aryl methyl sites for hydroxylation is 1. The van der Waals surface area contributed by atoms with Crippen molar-refractivity contribution in [3.05, 3.63) is 71.3 Å². The van der Waals surface area contributed by atoms with Crippen molar-refractivity contribution in [2.45, 2.75) is 63.0 Å². The Hall–Kier alpha value is -2.29. The largest absolute Gasteiger partial charge is 0.445 e. The number of rotatable bonds is 4. The molecule has 2 bridgehead atoms. The molecule has 0 radical (unpaired) electrons. The highest BCUT2D eigenvalue weighted by atomic mass is 16.5. The molecule has 1 amide bonds. The number of carbonyl (C=O) groups is 1. The SMILES string of the molecule is Cc1ccc(C23CCC(NC(=O)OCc4ccccc4)(CC2)CC3)cc1. The van der Waals surface area contributed by atoms with Crippen LogP contribution < -0.4 is 5.32 Å². The Bertz CT molecular complexity index is 742. The van der Waals surface area contributed by atoms with Crippen molar-refractivity contribution in [3.8, 4) is 0 Å². The number of fused-ring (bicyclic) bond motifs is 3. The van der Waals surface area contributed by atoms with Gasteiger partial charge in [0.05, 0.1) is 0 Å². The van der Waals surface area contributed by atoms with Crippen molar-refractivity contribution in [2.75, 3.05) is 0 Å². The van der Waals surface area contributed by atoms with E-state index in [-0.39, 0.29) is 11.6 Å². The third-order valence-electron chi connectivity index (χ3n) is 6.49. The quantitative estimate of drug-likeness (QED) is 0.817. The van der Waals surface area contributed by atoms with Gasteiger partial charge in [0, 0.05) is 5.54 Å². The van der Waals surface area contributed by atoms with Crippen LogP contribution in [0.3, 0.4) is 0 Å². The van der Waals surface area contributed by atoms with Crippen LogP contribution in [0.4, 0.5) is 4.79 Å². The highest BCUT2D eigenvalue weighted by Crippen LogP contribution is 2.53. The van der Waals surface area contributed by atoms with E-state index in [0.29, 0.717) is 12.0 Å². The molecule has 5 rings (SSSR count). The number of nitrogens with one attached hydrogen (secondary N) is 1. The van der Waals surface area contributed by atoms with Crippen LogP contribution in [0.2, 0.25) is 0 Å². The Morgan fingerprint density at radius 3 is 2.15 bits per heavy atom. The summed E-state index contributed by atoms with van der Waals surface area (Å²) in [6, 6.07) is 18.9. The van der Waals surface area contributed by atoms with E-state index in [1.165, 1.54) is 11.1 Å². The van der Waals surface area contributed by atoms with Gasteiger partial charge in [-0.15, -0.1) is 0 Å². The molecule has 3 nitrogen and oxygen atoms in total. The molecule has 3 aliphatic carbocycles. The zero-order valence-electron chi connectivity index (χ0n) is 15.5. The minimum atomic E-state index is -0.279. The fourth-order valence-corrected chi connectivity index (χ4v) is 4.69. The molecular formula is C23H27NO2. The van der Waals surface area contributed by atoms with Gasteiger partial charge in [0.1, 0.15) is 6.61 Å². The second-order valence-electron chi connectivity index (χ2n) is 8.11. The molecule has 0 aliphatic heterocycles. The summed E-state index contributed by atoms with van der Waals surface area (Å²) < 4.78 is 5.45. The third kappa shape index (κ3) is 3.35. The lowest BCUT2D eigenvalue weighted by Gasteiger charge is -2.53. The summed E-state index contributed by atoms with van der Waals surface area (Å²) in [5, 5.41) is 3.21. The summed E-state index contributed by atoms with van der Waals surface area (Å²) in [7, 11) is 0. The van der Waals surface area contributed by atoms with E-state index in [4.69, 9.17) is 4.74 Å². The van der Waals surface area contributed by atoms with Crippen LogP contribution in [0.5, 0.6) is 0 Å². The van der Waals surface area contributed by atoms with Crippen LogP contribution in [0, 0.1) is 6.92 Å². The van der Waals surface area contributed by atoms with Crippen molar-refractivity contribution >= 4 is 6.09 Å². The smallest absolute Gasteiger partial charge is 0.407 e. The molecule has 0 atom stereocenters. The molecule has 0 aromatic heterocycles. The summed E-state index contributed by atoms with van der Waals surface area (Å²) >= 11 is 0. The second kappa shape index (κ2) is 6.79. The highest BCUT2D eigenvalue weighted by Gasteiger charge is 2.50. The predicted octanol–water partition coefficient (Wildman–Crippen LogP) is 5.27. The van der Waals surface area contributed by atoms with E-state index < -0.39 is 0 Å². The summed E-state index contributed by atoms with van der Waals surface area (Å²) in [6.07, 6.45) is 6.29. The summed E-state index contributed by atoms with van der Waals surface area (Å²) in [5.41, 5.74) is 4.05. The van der Waals surface area contributed by atoms with Crippen LogP contribution in [-0.4, -0.2) is 11.6 Å². The zero-order chi connectivity index (χ0) is 18.0. The molecule has 0 heterocycles. The Labute approximate surface area is 155 Å². The third-order valence-corrected chi connectivity index (χ3v) is 6.49. The Balaban J connectivity index is 1.35. The fraction of sp³-hybridized carbons (Fsp3) is 0.435. The first-order valence-corrected chi connectivity index (χ1v) is 9.65. The molecule has 3 aliphatic rings. The van der Waals surface area contributed by atoms with Gasteiger partial charge in [0.15, 0.2) is 0 Å². The van der Waals surface area contributed by atoms with Gasteiger partial charge < -0.3 is 10.1 Å². The maximum absolute atomic E-state index is 12.3. The lowest BCUT2D eigenvalue weighted by molar-refractivity contribution is 0.0630. The number of amides is 1. The summed E-state index contributed by atoms with van der Waals surface area (Å²) in [5.74, 6) is 0. The minimum Gasteiger partial charge on any atom is -0.445 e. The van der Waals surface area contributed by atoms with Crippen LogP contribution in [-0.2, 0) is 16.8 Å². The molecule has 1 N–H and O–H groups in total. The van der Waals surface area contributed by atoms with Crippen molar-refractivity contribution in [2.24, 2.45) is 0 Å². The van der Waals surface area contributed by atoms with Gasteiger partial charge in [-0.05, 0) is 62.0 Å². The maximum Gasteiger partial charge on any atom is 0.407 e. The first kappa shape index (κ1) is 17.1. The van der Waals surface area contributed by atoms with Gasteiger partial charge in [-0.2, -0.15) is 0 Å². The average molecular weight is 349 g/mol. The van der Waals surface area contributed by atoms with E-state index >= 15 is 0 Å². The van der Waals surface area contributed by atoms with Crippen LogP contribution in [0.15, 0.2) is 54.6 Å². The van der Waals surface area contributed by atoms with Gasteiger partial charge in [-0.3, -0.25) is 0 Å². The fourth-order valence-electron chi connectivity index (χ4n) is 4.69. The molecule has 2 aromatic carbocycles. The molecule has 136 valence electrons. The van der Waals surface area contributed by atoms with Gasteiger partial charge in [0.25, 0.3) is 0 Å². The van der Waals surface area contributed by atoms with Crippen molar-refractivity contribution in [3.63, 3.8) is 0 Å². The Morgan fingerprint density at radius 2 is 1.54 bits per heavy atom. The summed E-state index contributed by atoms with van der Waals surface area (Å²) in [6.45, 7) is 2.47.